The van der Waals surface area contributed by atoms with Crippen LogP contribution in [0.2, 0.25) is 0 Å². The van der Waals surface area contributed by atoms with E-state index >= 15 is 0 Å². The zero-order valence-corrected chi connectivity index (χ0v) is 12.1. The Morgan fingerprint density at radius 3 is 2.55 bits per heavy atom. The average Bonchev–Trinajstić information content (AvgIpc) is 2.51. The van der Waals surface area contributed by atoms with Crippen molar-refractivity contribution in [3.63, 3.8) is 0 Å². The van der Waals surface area contributed by atoms with Crippen molar-refractivity contribution in [1.82, 2.24) is 0 Å². The number of carbonyl (C=O) groups is 2. The predicted molar refractivity (Wildman–Crippen MR) is 77.0 cm³/mol. The summed E-state index contributed by atoms with van der Waals surface area (Å²) in [6.45, 7) is 1.37. The number of ether oxygens (including phenoxy) is 1. The second-order valence-corrected chi connectivity index (χ2v) is 5.15. The first-order chi connectivity index (χ1) is 10.5. The number of hydrogen-bond acceptors (Lipinski definition) is 3. The highest BCUT2D eigenvalue weighted by molar-refractivity contribution is 5.95. The van der Waals surface area contributed by atoms with Crippen molar-refractivity contribution in [1.29, 1.82) is 0 Å². The molecule has 0 radical (unpaired) electrons. The molecule has 0 saturated carbocycles. The number of nitrogens with one attached hydrogen (secondary N) is 1. The number of halogens is 2. The molecule has 0 saturated heterocycles. The molecule has 1 N–H and O–H groups in total. The van der Waals surface area contributed by atoms with Gasteiger partial charge in [0.25, 0.3) is 5.91 Å². The normalized spacial score (nSPS) is 18.6. The standard InChI is InChI=1S/C16H17F2NO3/c1-10(22-16(21)11-6-3-2-4-7-11)15(20)19-14-12(17)8-5-9-13(14)18/h2-3,5,8-11H,4,6-7H2,1H3,(H,19,20)/t10-,11-/m1/s1. The zero-order valence-electron chi connectivity index (χ0n) is 12.1. The van der Waals surface area contributed by atoms with Crippen molar-refractivity contribution in [2.24, 2.45) is 5.92 Å². The molecular weight excluding hydrogens is 292 g/mol. The van der Waals surface area contributed by atoms with E-state index in [9.17, 15) is 18.4 Å². The molecule has 22 heavy (non-hydrogen) atoms. The molecule has 2 rings (SSSR count). The average molecular weight is 309 g/mol. The molecule has 0 bridgehead atoms. The van der Waals surface area contributed by atoms with Crippen LogP contribution < -0.4 is 5.32 Å². The van der Waals surface area contributed by atoms with Crippen LogP contribution in [0.3, 0.4) is 0 Å². The predicted octanol–water partition coefficient (Wildman–Crippen LogP) is 3.19. The summed E-state index contributed by atoms with van der Waals surface area (Å²) in [6.07, 6.45) is 4.80. The summed E-state index contributed by atoms with van der Waals surface area (Å²) in [5, 5.41) is 2.11. The SMILES string of the molecule is C[C@@H](OC(=O)[C@@H]1CC=CCC1)C(=O)Nc1c(F)cccc1F. The lowest BCUT2D eigenvalue weighted by Gasteiger charge is -2.19. The molecule has 0 heterocycles. The van der Waals surface area contributed by atoms with E-state index in [1.54, 1.807) is 0 Å². The number of amides is 1. The Hall–Kier alpha value is -2.24. The molecule has 0 fully saturated rings. The summed E-state index contributed by atoms with van der Waals surface area (Å²) in [5.74, 6) is -3.29. The minimum atomic E-state index is -1.13. The lowest BCUT2D eigenvalue weighted by atomic mass is 9.95. The summed E-state index contributed by atoms with van der Waals surface area (Å²) < 4.78 is 32.0. The Labute approximate surface area is 127 Å². The van der Waals surface area contributed by atoms with E-state index in [0.29, 0.717) is 12.8 Å². The third kappa shape index (κ3) is 3.90. The first-order valence-electron chi connectivity index (χ1n) is 7.09. The van der Waals surface area contributed by atoms with Crippen LogP contribution in [0.25, 0.3) is 0 Å². The van der Waals surface area contributed by atoms with Crippen LogP contribution in [0.1, 0.15) is 26.2 Å². The topological polar surface area (TPSA) is 55.4 Å². The van der Waals surface area contributed by atoms with Crippen molar-refractivity contribution in [2.45, 2.75) is 32.3 Å². The molecule has 0 aliphatic heterocycles. The number of hydrogen-bond donors (Lipinski definition) is 1. The van der Waals surface area contributed by atoms with Gasteiger partial charge in [-0.25, -0.2) is 8.78 Å². The minimum Gasteiger partial charge on any atom is -0.452 e. The van der Waals surface area contributed by atoms with Gasteiger partial charge in [-0.15, -0.1) is 0 Å². The van der Waals surface area contributed by atoms with Crippen LogP contribution in [-0.2, 0) is 14.3 Å². The quantitative estimate of drug-likeness (QED) is 0.686. The maximum atomic E-state index is 13.5. The third-order valence-electron chi connectivity index (χ3n) is 3.48. The fraction of sp³-hybridized carbons (Fsp3) is 0.375. The number of benzene rings is 1. The maximum Gasteiger partial charge on any atom is 0.310 e. The monoisotopic (exact) mass is 309 g/mol. The van der Waals surface area contributed by atoms with Gasteiger partial charge in [-0.1, -0.05) is 18.2 Å². The minimum absolute atomic E-state index is 0.273. The molecule has 1 aliphatic rings. The van der Waals surface area contributed by atoms with E-state index in [1.165, 1.54) is 13.0 Å². The smallest absolute Gasteiger partial charge is 0.310 e. The molecule has 0 aromatic heterocycles. The van der Waals surface area contributed by atoms with Crippen LogP contribution in [0.15, 0.2) is 30.4 Å². The first kappa shape index (κ1) is 16.1. The van der Waals surface area contributed by atoms with Gasteiger partial charge in [0.05, 0.1) is 5.92 Å². The highest BCUT2D eigenvalue weighted by Gasteiger charge is 2.25. The summed E-state index contributed by atoms with van der Waals surface area (Å²) >= 11 is 0. The van der Waals surface area contributed by atoms with Crippen LogP contribution in [0.4, 0.5) is 14.5 Å². The molecule has 6 heteroatoms. The Balaban J connectivity index is 1.94. The van der Waals surface area contributed by atoms with Gasteiger partial charge in [0.15, 0.2) is 6.10 Å². The van der Waals surface area contributed by atoms with Gasteiger partial charge in [-0.05, 0) is 38.3 Å². The Morgan fingerprint density at radius 2 is 1.95 bits per heavy atom. The lowest BCUT2D eigenvalue weighted by Crippen LogP contribution is -2.33. The van der Waals surface area contributed by atoms with E-state index in [1.807, 2.05) is 12.2 Å². The largest absolute Gasteiger partial charge is 0.452 e. The third-order valence-corrected chi connectivity index (χ3v) is 3.48. The Bertz CT molecular complexity index is 581. The highest BCUT2D eigenvalue weighted by Crippen LogP contribution is 2.21. The molecule has 1 aliphatic carbocycles. The van der Waals surface area contributed by atoms with Crippen LogP contribution >= 0.6 is 0 Å². The molecule has 2 atom stereocenters. The van der Waals surface area contributed by atoms with Crippen molar-refractivity contribution in [3.8, 4) is 0 Å². The summed E-state index contributed by atoms with van der Waals surface area (Å²) in [4.78, 5) is 23.8. The zero-order chi connectivity index (χ0) is 16.1. The van der Waals surface area contributed by atoms with E-state index < -0.39 is 35.3 Å². The molecule has 1 aromatic carbocycles. The molecule has 118 valence electrons. The molecule has 1 aromatic rings. The van der Waals surface area contributed by atoms with Crippen LogP contribution in [0, 0.1) is 17.6 Å². The number of para-hydroxylation sites is 1. The van der Waals surface area contributed by atoms with Gasteiger partial charge in [0.1, 0.15) is 17.3 Å². The lowest BCUT2D eigenvalue weighted by molar-refractivity contribution is -0.157. The number of allylic oxidation sites excluding steroid dienone is 2. The van der Waals surface area contributed by atoms with Crippen molar-refractivity contribution >= 4 is 17.6 Å². The molecule has 0 spiro atoms. The molecule has 0 unspecified atom stereocenters. The van der Waals surface area contributed by atoms with E-state index in [-0.39, 0.29) is 5.92 Å². The maximum absolute atomic E-state index is 13.5. The first-order valence-corrected chi connectivity index (χ1v) is 7.09. The Kier molecular flexibility index (Phi) is 5.25. The fourth-order valence-electron chi connectivity index (χ4n) is 2.17. The van der Waals surface area contributed by atoms with Crippen molar-refractivity contribution in [3.05, 3.63) is 42.0 Å². The molecule has 4 nitrogen and oxygen atoms in total. The fourth-order valence-corrected chi connectivity index (χ4v) is 2.17. The van der Waals surface area contributed by atoms with E-state index in [2.05, 4.69) is 5.32 Å². The van der Waals surface area contributed by atoms with Gasteiger partial charge in [0, 0.05) is 0 Å². The summed E-state index contributed by atoms with van der Waals surface area (Å²) in [5.41, 5.74) is -0.545. The van der Waals surface area contributed by atoms with Gasteiger partial charge < -0.3 is 10.1 Å². The van der Waals surface area contributed by atoms with Crippen molar-refractivity contribution < 1.29 is 23.1 Å². The highest BCUT2D eigenvalue weighted by atomic mass is 19.1. The molecule has 1 amide bonds. The number of anilines is 1. The summed E-state index contributed by atoms with van der Waals surface area (Å²) in [6, 6.07) is 3.26. The van der Waals surface area contributed by atoms with Gasteiger partial charge in [0.2, 0.25) is 0 Å². The van der Waals surface area contributed by atoms with Crippen LogP contribution in [0.5, 0.6) is 0 Å². The Morgan fingerprint density at radius 1 is 1.27 bits per heavy atom. The summed E-state index contributed by atoms with van der Waals surface area (Å²) in [7, 11) is 0. The number of carbonyl (C=O) groups excluding carboxylic acids is 2. The number of rotatable bonds is 4. The molecular formula is C16H17F2NO3. The van der Waals surface area contributed by atoms with E-state index in [4.69, 9.17) is 4.74 Å². The van der Waals surface area contributed by atoms with Gasteiger partial charge in [-0.2, -0.15) is 0 Å². The van der Waals surface area contributed by atoms with Crippen molar-refractivity contribution in [2.75, 3.05) is 5.32 Å². The van der Waals surface area contributed by atoms with Gasteiger partial charge in [-0.3, -0.25) is 9.59 Å². The number of esters is 1. The van der Waals surface area contributed by atoms with Crippen LogP contribution in [-0.4, -0.2) is 18.0 Å². The van der Waals surface area contributed by atoms with Gasteiger partial charge >= 0.3 is 5.97 Å². The second-order valence-electron chi connectivity index (χ2n) is 5.15. The second kappa shape index (κ2) is 7.15. The van der Waals surface area contributed by atoms with E-state index in [0.717, 1.165) is 18.6 Å².